The number of primary amides is 1. The summed E-state index contributed by atoms with van der Waals surface area (Å²) in [6.07, 6.45) is 0. The van der Waals surface area contributed by atoms with Crippen molar-refractivity contribution in [1.29, 1.82) is 0 Å². The van der Waals surface area contributed by atoms with Gasteiger partial charge in [0, 0.05) is 12.7 Å². The van der Waals surface area contributed by atoms with Crippen molar-refractivity contribution in [2.24, 2.45) is 5.73 Å². The van der Waals surface area contributed by atoms with Crippen molar-refractivity contribution in [2.75, 3.05) is 7.11 Å². The van der Waals surface area contributed by atoms with Gasteiger partial charge in [-0.15, -0.1) is 0 Å². The van der Waals surface area contributed by atoms with Crippen LogP contribution in [0.3, 0.4) is 0 Å². The number of amides is 1. The molecule has 1 rings (SSSR count). The van der Waals surface area contributed by atoms with Gasteiger partial charge in [0.15, 0.2) is 0 Å². The molecule has 0 aliphatic carbocycles. The van der Waals surface area contributed by atoms with Crippen molar-refractivity contribution < 1.29 is 14.6 Å². The first kappa shape index (κ1) is 9.54. The van der Waals surface area contributed by atoms with E-state index in [0.717, 1.165) is 0 Å². The Labute approximate surface area is 75.9 Å². The van der Waals surface area contributed by atoms with Crippen LogP contribution in [0.4, 0.5) is 0 Å². The van der Waals surface area contributed by atoms with Gasteiger partial charge >= 0.3 is 0 Å². The fraction of sp³-hybridized carbons (Fsp3) is 0.222. The number of carbonyl (C=O) groups is 1. The molecular formula is C9H11NO3. The quantitative estimate of drug-likeness (QED) is 0.718. The van der Waals surface area contributed by atoms with Crippen LogP contribution < -0.4 is 5.73 Å². The molecule has 0 aromatic heterocycles. The highest BCUT2D eigenvalue weighted by molar-refractivity contribution is 5.94. The van der Waals surface area contributed by atoms with Gasteiger partial charge in [0.05, 0.1) is 6.61 Å². The Balaban J connectivity index is 3.10. The lowest BCUT2D eigenvalue weighted by molar-refractivity contribution is 0.0995. The van der Waals surface area contributed by atoms with Gasteiger partial charge in [-0.1, -0.05) is 0 Å². The molecule has 3 N–H and O–H groups in total. The number of hydrogen-bond acceptors (Lipinski definition) is 3. The molecule has 0 bridgehead atoms. The summed E-state index contributed by atoms with van der Waals surface area (Å²) in [5.74, 6) is -0.427. The van der Waals surface area contributed by atoms with E-state index < -0.39 is 5.91 Å². The van der Waals surface area contributed by atoms with Crippen molar-refractivity contribution in [1.82, 2.24) is 0 Å². The first-order chi connectivity index (χ1) is 6.15. The fourth-order valence-electron chi connectivity index (χ4n) is 1.10. The summed E-state index contributed by atoms with van der Waals surface area (Å²) in [5.41, 5.74) is 6.09. The maximum Gasteiger partial charge on any atom is 0.249 e. The number of hydrogen-bond donors (Lipinski definition) is 2. The molecular weight excluding hydrogens is 170 g/mol. The summed E-state index contributed by atoms with van der Waals surface area (Å²) >= 11 is 0. The second-order valence-electron chi connectivity index (χ2n) is 2.64. The largest absolute Gasteiger partial charge is 0.508 e. The Morgan fingerprint density at radius 1 is 1.62 bits per heavy atom. The monoisotopic (exact) mass is 181 g/mol. The lowest BCUT2D eigenvalue weighted by atomic mass is 10.1. The third kappa shape index (κ3) is 2.19. The van der Waals surface area contributed by atoms with Crippen LogP contribution >= 0.6 is 0 Å². The van der Waals surface area contributed by atoms with Crippen molar-refractivity contribution in [3.05, 3.63) is 29.3 Å². The standard InChI is InChI=1S/C9H11NO3/c1-13-5-6-4-7(11)2-3-8(6)9(10)12/h2-4,11H,5H2,1H3,(H2,10,12). The van der Waals surface area contributed by atoms with Crippen LogP contribution in [-0.4, -0.2) is 18.1 Å². The van der Waals surface area contributed by atoms with Crippen LogP contribution in [-0.2, 0) is 11.3 Å². The van der Waals surface area contributed by atoms with Crippen molar-refractivity contribution in [2.45, 2.75) is 6.61 Å². The predicted octanol–water partition coefficient (Wildman–Crippen LogP) is 0.638. The van der Waals surface area contributed by atoms with E-state index in [2.05, 4.69) is 0 Å². The highest BCUT2D eigenvalue weighted by Gasteiger charge is 2.07. The van der Waals surface area contributed by atoms with Crippen LogP contribution in [0.25, 0.3) is 0 Å². The molecule has 0 unspecified atom stereocenters. The summed E-state index contributed by atoms with van der Waals surface area (Å²) < 4.78 is 4.85. The highest BCUT2D eigenvalue weighted by atomic mass is 16.5. The molecule has 13 heavy (non-hydrogen) atoms. The van der Waals surface area contributed by atoms with Gasteiger partial charge in [-0.3, -0.25) is 4.79 Å². The summed E-state index contributed by atoms with van der Waals surface area (Å²) in [6, 6.07) is 4.36. The Kier molecular flexibility index (Phi) is 2.87. The zero-order valence-corrected chi connectivity index (χ0v) is 7.28. The Morgan fingerprint density at radius 3 is 2.85 bits per heavy atom. The van der Waals surface area contributed by atoms with E-state index >= 15 is 0 Å². The van der Waals surface area contributed by atoms with Gasteiger partial charge in [-0.2, -0.15) is 0 Å². The van der Waals surface area contributed by atoms with Gasteiger partial charge in [0.2, 0.25) is 5.91 Å². The normalized spacial score (nSPS) is 9.92. The minimum absolute atomic E-state index is 0.0945. The first-order valence-electron chi connectivity index (χ1n) is 3.75. The Bertz CT molecular complexity index is 323. The van der Waals surface area contributed by atoms with E-state index in [1.807, 2.05) is 0 Å². The van der Waals surface area contributed by atoms with Crippen LogP contribution in [0.15, 0.2) is 18.2 Å². The zero-order chi connectivity index (χ0) is 9.84. The SMILES string of the molecule is COCc1cc(O)ccc1C(N)=O. The number of nitrogens with two attached hydrogens (primary N) is 1. The number of benzene rings is 1. The molecule has 70 valence electrons. The highest BCUT2D eigenvalue weighted by Crippen LogP contribution is 2.16. The Hall–Kier alpha value is -1.55. The van der Waals surface area contributed by atoms with E-state index in [-0.39, 0.29) is 12.4 Å². The number of methoxy groups -OCH3 is 1. The maximum atomic E-state index is 10.9. The number of phenolic OH excluding ortho intramolecular Hbond substituents is 1. The minimum atomic E-state index is -0.521. The average molecular weight is 181 g/mol. The van der Waals surface area contributed by atoms with Gasteiger partial charge in [0.1, 0.15) is 5.75 Å². The molecule has 1 aromatic rings. The third-order valence-corrected chi connectivity index (χ3v) is 1.65. The van der Waals surface area contributed by atoms with Gasteiger partial charge < -0.3 is 15.6 Å². The molecule has 0 aliphatic heterocycles. The molecule has 0 heterocycles. The van der Waals surface area contributed by atoms with Gasteiger partial charge in [0.25, 0.3) is 0 Å². The van der Waals surface area contributed by atoms with Crippen LogP contribution in [0.5, 0.6) is 5.75 Å². The molecule has 0 saturated heterocycles. The molecule has 0 fully saturated rings. The summed E-state index contributed by atoms with van der Waals surface area (Å²) in [5, 5.41) is 9.14. The molecule has 1 amide bonds. The first-order valence-corrected chi connectivity index (χ1v) is 3.75. The lowest BCUT2D eigenvalue weighted by Crippen LogP contribution is -2.13. The van der Waals surface area contributed by atoms with E-state index in [1.165, 1.54) is 25.3 Å². The fourth-order valence-corrected chi connectivity index (χ4v) is 1.10. The van der Waals surface area contributed by atoms with Crippen LogP contribution in [0.2, 0.25) is 0 Å². The molecule has 4 heteroatoms. The number of carbonyl (C=O) groups excluding carboxylic acids is 1. The second-order valence-corrected chi connectivity index (χ2v) is 2.64. The van der Waals surface area contributed by atoms with E-state index in [9.17, 15) is 4.79 Å². The molecule has 0 radical (unpaired) electrons. The van der Waals surface area contributed by atoms with Crippen molar-refractivity contribution >= 4 is 5.91 Å². The van der Waals surface area contributed by atoms with E-state index in [4.69, 9.17) is 15.6 Å². The van der Waals surface area contributed by atoms with Crippen molar-refractivity contribution in [3.8, 4) is 5.75 Å². The number of phenols is 1. The Morgan fingerprint density at radius 2 is 2.31 bits per heavy atom. The van der Waals surface area contributed by atoms with E-state index in [0.29, 0.717) is 11.1 Å². The molecule has 0 aliphatic rings. The minimum Gasteiger partial charge on any atom is -0.508 e. The molecule has 0 saturated carbocycles. The van der Waals surface area contributed by atoms with Crippen molar-refractivity contribution in [3.63, 3.8) is 0 Å². The zero-order valence-electron chi connectivity index (χ0n) is 7.28. The second kappa shape index (κ2) is 3.91. The summed E-state index contributed by atoms with van der Waals surface area (Å²) in [4.78, 5) is 10.9. The molecule has 1 aromatic carbocycles. The number of ether oxygens (including phenoxy) is 1. The molecule has 0 spiro atoms. The average Bonchev–Trinajstić information content (AvgIpc) is 2.04. The maximum absolute atomic E-state index is 10.9. The molecule has 4 nitrogen and oxygen atoms in total. The lowest BCUT2D eigenvalue weighted by Gasteiger charge is -2.05. The summed E-state index contributed by atoms with van der Waals surface area (Å²) in [6.45, 7) is 0.257. The van der Waals surface area contributed by atoms with Gasteiger partial charge in [-0.05, 0) is 23.8 Å². The van der Waals surface area contributed by atoms with E-state index in [1.54, 1.807) is 0 Å². The van der Waals surface area contributed by atoms with Crippen LogP contribution in [0.1, 0.15) is 15.9 Å². The summed E-state index contributed by atoms with van der Waals surface area (Å²) in [7, 11) is 1.51. The molecule has 0 atom stereocenters. The number of aromatic hydroxyl groups is 1. The third-order valence-electron chi connectivity index (χ3n) is 1.65. The number of rotatable bonds is 3. The predicted molar refractivity (Wildman–Crippen MR) is 47.3 cm³/mol. The smallest absolute Gasteiger partial charge is 0.249 e. The topological polar surface area (TPSA) is 72.6 Å². The van der Waals surface area contributed by atoms with Gasteiger partial charge in [-0.25, -0.2) is 0 Å². The van der Waals surface area contributed by atoms with Crippen LogP contribution in [0, 0.1) is 0 Å².